The lowest BCUT2D eigenvalue weighted by molar-refractivity contribution is 0.249. The average molecular weight is 760 g/mol. The summed E-state index contributed by atoms with van der Waals surface area (Å²) in [7, 11) is 0. The van der Waals surface area contributed by atoms with Crippen LogP contribution in [0, 0.1) is 17.8 Å². The summed E-state index contributed by atoms with van der Waals surface area (Å²) < 4.78 is 0. The lowest BCUT2D eigenvalue weighted by Crippen LogP contribution is -2.16. The number of nitrogens with zero attached hydrogens (tertiary/aromatic N) is 1. The molecule has 59 heavy (non-hydrogen) atoms. The van der Waals surface area contributed by atoms with Crippen LogP contribution in [-0.2, 0) is 6.42 Å². The summed E-state index contributed by atoms with van der Waals surface area (Å²) in [6.45, 7) is 0. The van der Waals surface area contributed by atoms with Gasteiger partial charge in [-0.05, 0) is 158 Å². The number of anilines is 3. The SMILES string of the molecule is c1ccc(-c2ccc3ccc(-c4ccc(N(c5ccc(CCC6CC7CCC(C6)C7)cc5)c5ccc(-c6cccc7ccccc67)c6ccccc56)cc4)cc3c2)cc1. The van der Waals surface area contributed by atoms with E-state index in [1.54, 1.807) is 0 Å². The van der Waals surface area contributed by atoms with Gasteiger partial charge < -0.3 is 4.90 Å². The number of aryl methyl sites for hydroxylation is 1. The molecule has 9 aromatic rings. The molecule has 0 N–H and O–H groups in total. The van der Waals surface area contributed by atoms with Crippen molar-refractivity contribution < 1.29 is 0 Å². The van der Waals surface area contributed by atoms with Crippen molar-refractivity contribution in [2.24, 2.45) is 17.8 Å². The normalized spacial score (nSPS) is 17.5. The Bertz CT molecular complexity index is 2910. The van der Waals surface area contributed by atoms with Gasteiger partial charge in [0, 0.05) is 16.8 Å². The first kappa shape index (κ1) is 35.7. The summed E-state index contributed by atoms with van der Waals surface area (Å²) in [5.74, 6) is 2.89. The van der Waals surface area contributed by atoms with E-state index in [0.29, 0.717) is 0 Å². The molecule has 1 heteroatoms. The van der Waals surface area contributed by atoms with Crippen molar-refractivity contribution >= 4 is 49.4 Å². The Morgan fingerprint density at radius 2 is 0.966 bits per heavy atom. The number of fused-ring (bicyclic) bond motifs is 5. The topological polar surface area (TPSA) is 3.24 Å². The molecule has 2 saturated carbocycles. The second-order valence-electron chi connectivity index (χ2n) is 17.3. The molecule has 0 heterocycles. The van der Waals surface area contributed by atoms with E-state index in [0.717, 1.165) is 23.4 Å². The summed E-state index contributed by atoms with van der Waals surface area (Å²) in [6, 6.07) is 72.0. The highest BCUT2D eigenvalue weighted by molar-refractivity contribution is 6.10. The number of benzene rings is 9. The van der Waals surface area contributed by atoms with Gasteiger partial charge in [-0.15, -0.1) is 0 Å². The molecule has 11 rings (SSSR count). The van der Waals surface area contributed by atoms with E-state index in [-0.39, 0.29) is 0 Å². The van der Waals surface area contributed by atoms with E-state index >= 15 is 0 Å². The molecular weight excluding hydrogens is 711 g/mol. The van der Waals surface area contributed by atoms with Crippen molar-refractivity contribution in [2.45, 2.75) is 44.9 Å². The molecule has 0 amide bonds. The maximum Gasteiger partial charge on any atom is 0.0540 e. The van der Waals surface area contributed by atoms with Crippen molar-refractivity contribution in [3.63, 3.8) is 0 Å². The van der Waals surface area contributed by atoms with Crippen molar-refractivity contribution in [3.05, 3.63) is 200 Å². The van der Waals surface area contributed by atoms with Crippen LogP contribution in [-0.4, -0.2) is 0 Å². The van der Waals surface area contributed by atoms with Crippen molar-refractivity contribution in [1.29, 1.82) is 0 Å². The van der Waals surface area contributed by atoms with Crippen LogP contribution in [0.4, 0.5) is 17.1 Å². The first-order chi connectivity index (χ1) is 29.2. The fourth-order valence-corrected chi connectivity index (χ4v) is 10.7. The molecule has 2 bridgehead atoms. The predicted molar refractivity (Wildman–Crippen MR) is 252 cm³/mol. The highest BCUT2D eigenvalue weighted by Crippen LogP contribution is 2.47. The van der Waals surface area contributed by atoms with Crippen LogP contribution in [0.5, 0.6) is 0 Å². The van der Waals surface area contributed by atoms with Crippen molar-refractivity contribution in [1.82, 2.24) is 0 Å². The lowest BCUT2D eigenvalue weighted by Gasteiger charge is -2.28. The molecule has 2 unspecified atom stereocenters. The van der Waals surface area contributed by atoms with E-state index in [9.17, 15) is 0 Å². The fraction of sp³-hybridized carbons (Fsp3) is 0.172. The quantitative estimate of drug-likeness (QED) is 0.142. The second-order valence-corrected chi connectivity index (χ2v) is 17.3. The zero-order chi connectivity index (χ0) is 39.1. The Morgan fingerprint density at radius 3 is 1.69 bits per heavy atom. The molecule has 0 aliphatic heterocycles. The third-order valence-corrected chi connectivity index (χ3v) is 13.6. The number of rotatable bonds is 9. The summed E-state index contributed by atoms with van der Waals surface area (Å²) in [6.07, 6.45) is 9.84. The smallest absolute Gasteiger partial charge is 0.0540 e. The molecule has 0 radical (unpaired) electrons. The molecule has 9 aromatic carbocycles. The Kier molecular flexibility index (Phi) is 9.31. The monoisotopic (exact) mass is 759 g/mol. The van der Waals surface area contributed by atoms with Crippen LogP contribution >= 0.6 is 0 Å². The van der Waals surface area contributed by atoms with E-state index < -0.39 is 0 Å². The van der Waals surface area contributed by atoms with Crippen molar-refractivity contribution in [2.75, 3.05) is 4.90 Å². The Morgan fingerprint density at radius 1 is 0.390 bits per heavy atom. The standard InChI is InChI=1S/C58H49N/c1-2-9-44(10-3-1)48-25-23-46-24-26-49(39-50(46)38-48)45-27-31-52(32-28-45)59(51-29-21-40(22-30-51)17-18-41-35-42-19-20-43(36-41)37-42)58-34-33-56(55-14-6-7-15-57(55)58)54-16-8-12-47-11-4-5-13-53(47)54/h1-16,21-34,38-39,41-43H,17-20,35-37H2. The lowest BCUT2D eigenvalue weighted by atomic mass is 9.78. The minimum Gasteiger partial charge on any atom is -0.310 e. The molecule has 2 atom stereocenters. The molecular formula is C58H49N. The van der Waals surface area contributed by atoms with Crippen LogP contribution < -0.4 is 4.90 Å². The van der Waals surface area contributed by atoms with E-state index in [1.807, 2.05) is 0 Å². The maximum atomic E-state index is 2.47. The average Bonchev–Trinajstić information content (AvgIpc) is 3.65. The molecule has 1 nitrogen and oxygen atoms in total. The minimum atomic E-state index is 0.899. The van der Waals surface area contributed by atoms with Crippen molar-refractivity contribution in [3.8, 4) is 33.4 Å². The van der Waals surface area contributed by atoms with Gasteiger partial charge in [-0.2, -0.15) is 0 Å². The summed E-state index contributed by atoms with van der Waals surface area (Å²) in [4.78, 5) is 2.47. The third kappa shape index (κ3) is 6.99. The minimum absolute atomic E-state index is 0.899. The molecule has 0 saturated heterocycles. The van der Waals surface area contributed by atoms with Gasteiger partial charge in [-0.25, -0.2) is 0 Å². The predicted octanol–water partition coefficient (Wildman–Crippen LogP) is 16.4. The van der Waals surface area contributed by atoms with Crippen LogP contribution in [0.15, 0.2) is 194 Å². The summed E-state index contributed by atoms with van der Waals surface area (Å²) >= 11 is 0. The Labute approximate surface area is 348 Å². The molecule has 2 aliphatic carbocycles. The molecule has 0 spiro atoms. The highest BCUT2D eigenvalue weighted by Gasteiger charge is 2.33. The maximum absolute atomic E-state index is 2.47. The van der Waals surface area contributed by atoms with Gasteiger partial charge in [0.15, 0.2) is 0 Å². The fourth-order valence-electron chi connectivity index (χ4n) is 10.7. The molecule has 286 valence electrons. The zero-order valence-corrected chi connectivity index (χ0v) is 33.6. The van der Waals surface area contributed by atoms with Gasteiger partial charge in [-0.3, -0.25) is 0 Å². The van der Waals surface area contributed by atoms with E-state index in [4.69, 9.17) is 0 Å². The van der Waals surface area contributed by atoms with Gasteiger partial charge in [0.2, 0.25) is 0 Å². The zero-order valence-electron chi connectivity index (χ0n) is 33.6. The molecule has 0 aromatic heterocycles. The Balaban J connectivity index is 0.968. The highest BCUT2D eigenvalue weighted by atomic mass is 15.1. The summed E-state index contributed by atoms with van der Waals surface area (Å²) in [5.41, 5.74) is 12.4. The van der Waals surface area contributed by atoms with E-state index in [2.05, 4.69) is 199 Å². The summed E-state index contributed by atoms with van der Waals surface area (Å²) in [5, 5.41) is 7.54. The molecule has 2 aliphatic rings. The first-order valence-corrected chi connectivity index (χ1v) is 21.8. The second kappa shape index (κ2) is 15.4. The Hall–Kier alpha value is -6.44. The third-order valence-electron chi connectivity index (χ3n) is 13.6. The van der Waals surface area contributed by atoms with Gasteiger partial charge >= 0.3 is 0 Å². The molecule has 2 fully saturated rings. The van der Waals surface area contributed by atoms with Crippen LogP contribution in [0.2, 0.25) is 0 Å². The largest absolute Gasteiger partial charge is 0.310 e. The van der Waals surface area contributed by atoms with Gasteiger partial charge in [-0.1, -0.05) is 165 Å². The van der Waals surface area contributed by atoms with Gasteiger partial charge in [0.25, 0.3) is 0 Å². The van der Waals surface area contributed by atoms with Crippen LogP contribution in [0.25, 0.3) is 65.7 Å². The van der Waals surface area contributed by atoms with Gasteiger partial charge in [0.1, 0.15) is 0 Å². The van der Waals surface area contributed by atoms with E-state index in [1.165, 1.54) is 128 Å². The van der Waals surface area contributed by atoms with Gasteiger partial charge in [0.05, 0.1) is 5.69 Å². The number of hydrogen-bond donors (Lipinski definition) is 0. The number of hydrogen-bond acceptors (Lipinski definition) is 1. The van der Waals surface area contributed by atoms with Crippen LogP contribution in [0.1, 0.15) is 44.1 Å². The first-order valence-electron chi connectivity index (χ1n) is 21.8. The van der Waals surface area contributed by atoms with Crippen LogP contribution in [0.3, 0.4) is 0 Å².